The summed E-state index contributed by atoms with van der Waals surface area (Å²) in [5.74, 6) is 3.93. The van der Waals surface area contributed by atoms with Gasteiger partial charge in [0.05, 0.1) is 39.0 Å². The van der Waals surface area contributed by atoms with Crippen LogP contribution in [0.2, 0.25) is 0 Å². The second-order valence-electron chi connectivity index (χ2n) is 17.0. The molecule has 0 spiro atoms. The summed E-state index contributed by atoms with van der Waals surface area (Å²) in [5.41, 5.74) is 12.3. The molecule has 1 saturated carbocycles. The molecule has 2 aromatic heterocycles. The third kappa shape index (κ3) is 5.79. The van der Waals surface area contributed by atoms with E-state index in [0.717, 1.165) is 60.8 Å². The van der Waals surface area contributed by atoms with Gasteiger partial charge < -0.3 is 35.7 Å². The van der Waals surface area contributed by atoms with Crippen LogP contribution in [0, 0.1) is 39.5 Å². The Morgan fingerprint density at radius 2 is 0.770 bits per heavy atom. The highest BCUT2D eigenvalue weighted by Gasteiger charge is 2.53. The molecule has 4 aliphatic carbocycles. The van der Waals surface area contributed by atoms with E-state index in [1.54, 1.807) is 28.4 Å². The number of aryl methyl sites for hydroxylation is 4. The van der Waals surface area contributed by atoms with Crippen molar-refractivity contribution in [3.05, 3.63) is 129 Å². The minimum atomic E-state index is -1.73. The van der Waals surface area contributed by atoms with Crippen LogP contribution in [0.1, 0.15) is 75.6 Å². The monoisotopic (exact) mass is 850 g/mol. The molecule has 61 heavy (non-hydrogen) atoms. The molecule has 8 nitrogen and oxygen atoms in total. The molecule has 310 valence electrons. The topological polar surface area (TPSA) is 89.5 Å². The molecule has 2 unspecified atom stereocenters. The van der Waals surface area contributed by atoms with E-state index in [-0.39, 0.29) is 11.8 Å². The fourth-order valence-electron chi connectivity index (χ4n) is 11.0. The number of fused-ring (bicyclic) bond motifs is 6. The molecule has 2 heterocycles. The van der Waals surface area contributed by atoms with Gasteiger partial charge in [0.15, 0.2) is 45.3 Å². The van der Waals surface area contributed by atoms with Gasteiger partial charge in [0.25, 0.3) is 16.0 Å². The first kappa shape index (κ1) is 38.3. The molecule has 2 bridgehead atoms. The first-order chi connectivity index (χ1) is 29.7. The summed E-state index contributed by atoms with van der Waals surface area (Å²) in [7, 11) is 3.36. The van der Waals surface area contributed by atoms with Crippen LogP contribution in [0.4, 0.5) is 0 Å². The summed E-state index contributed by atoms with van der Waals surface area (Å²) in [6.07, 6.45) is 3.54. The fourth-order valence-corrected chi connectivity index (χ4v) is 14.3. The molecular formula is C51H48O8P2. The van der Waals surface area contributed by atoms with E-state index in [1.165, 1.54) is 35.1 Å². The average Bonchev–Trinajstić information content (AvgIpc) is 3.64. The van der Waals surface area contributed by atoms with Crippen molar-refractivity contribution in [3.8, 4) is 33.6 Å². The standard InChI is InChI=1S/C51H48O8P2/c1-26-18-34-35-19-27(2)23-39(53-6)49(35)57-60(56-48(34)38(22-26)52-5)42-16-10-14-32-44-30-12-9-13-31(30)47(45(32)42)46-33(44)15-11-17-43(46)61-58-50-36(20-28(3)24-40(50)54-7)37-21-29(4)25-41(55-8)51(37)59-61/h10-11,14-25,30-31,44,47H,9,12-13H2,1-8H3. The summed E-state index contributed by atoms with van der Waals surface area (Å²) >= 11 is 0. The van der Waals surface area contributed by atoms with E-state index in [1.807, 2.05) is 24.3 Å². The van der Waals surface area contributed by atoms with Gasteiger partial charge in [-0.25, -0.2) is 0 Å². The minimum absolute atomic E-state index is 0.0586. The van der Waals surface area contributed by atoms with Gasteiger partial charge in [-0.05, 0) is 158 Å². The molecule has 10 heteroatoms. The van der Waals surface area contributed by atoms with Crippen LogP contribution >= 0.6 is 16.0 Å². The first-order valence-corrected chi connectivity index (χ1v) is 23.4. The Hall–Kier alpha value is -5.68. The summed E-state index contributed by atoms with van der Waals surface area (Å²) in [6, 6.07) is 30.3. The largest absolute Gasteiger partial charge is 0.493 e. The zero-order chi connectivity index (χ0) is 41.8. The first-order valence-electron chi connectivity index (χ1n) is 21.0. The average molecular weight is 851 g/mol. The van der Waals surface area contributed by atoms with E-state index in [2.05, 4.69) is 88.4 Å². The Balaban J connectivity index is 1.23. The van der Waals surface area contributed by atoms with Crippen LogP contribution in [-0.4, -0.2) is 28.4 Å². The zero-order valence-corrected chi connectivity index (χ0v) is 37.5. The third-order valence-electron chi connectivity index (χ3n) is 13.4. The molecule has 4 aliphatic rings. The van der Waals surface area contributed by atoms with Crippen molar-refractivity contribution in [1.82, 2.24) is 0 Å². The molecule has 1 fully saturated rings. The third-order valence-corrected chi connectivity index (χ3v) is 16.3. The highest BCUT2D eigenvalue weighted by atomic mass is 31.1. The molecule has 8 aromatic rings. The van der Waals surface area contributed by atoms with Gasteiger partial charge in [-0.3, -0.25) is 0 Å². The quantitative estimate of drug-likeness (QED) is 0.163. The fraction of sp³-hybridized carbons (Fsp3) is 0.294. The molecule has 6 aromatic carbocycles. The maximum absolute atomic E-state index is 7.22. The van der Waals surface area contributed by atoms with E-state index in [9.17, 15) is 0 Å². The Morgan fingerprint density at radius 1 is 0.443 bits per heavy atom. The second kappa shape index (κ2) is 14.5. The zero-order valence-electron chi connectivity index (χ0n) is 35.7. The highest BCUT2D eigenvalue weighted by molar-refractivity contribution is 7.46. The number of ether oxygens (including phenoxy) is 4. The number of methoxy groups -OCH3 is 4. The van der Waals surface area contributed by atoms with E-state index >= 15 is 0 Å². The Bertz CT molecular complexity index is 2870. The van der Waals surface area contributed by atoms with Gasteiger partial charge in [-0.1, -0.05) is 30.7 Å². The maximum atomic E-state index is 7.22. The molecule has 0 saturated heterocycles. The molecule has 0 radical (unpaired) electrons. The summed E-state index contributed by atoms with van der Waals surface area (Å²) in [4.78, 5) is 0. The van der Waals surface area contributed by atoms with Crippen LogP contribution < -0.4 is 18.9 Å². The Labute approximate surface area is 356 Å². The van der Waals surface area contributed by atoms with Crippen molar-refractivity contribution in [2.24, 2.45) is 11.8 Å². The van der Waals surface area contributed by atoms with Crippen molar-refractivity contribution < 1.29 is 35.7 Å². The summed E-state index contributed by atoms with van der Waals surface area (Å²) < 4.78 is 53.0. The van der Waals surface area contributed by atoms with Gasteiger partial charge in [-0.15, -0.1) is 0 Å². The lowest BCUT2D eigenvalue weighted by molar-refractivity contribution is 0.272. The normalized spacial score (nSPS) is 18.6. The highest BCUT2D eigenvalue weighted by Crippen LogP contribution is 2.68. The van der Waals surface area contributed by atoms with Crippen LogP contribution in [0.15, 0.2) is 102 Å². The van der Waals surface area contributed by atoms with E-state index in [0.29, 0.717) is 57.2 Å². The molecular weight excluding hydrogens is 803 g/mol. The van der Waals surface area contributed by atoms with Crippen LogP contribution in [0.3, 0.4) is 0 Å². The molecule has 2 atom stereocenters. The molecule has 0 amide bonds. The lowest BCUT2D eigenvalue weighted by Crippen LogP contribution is -2.37. The molecule has 12 rings (SSSR count). The Morgan fingerprint density at radius 3 is 1.10 bits per heavy atom. The summed E-state index contributed by atoms with van der Waals surface area (Å²) in [6.45, 7) is 8.32. The van der Waals surface area contributed by atoms with Crippen molar-refractivity contribution >= 4 is 59.9 Å². The van der Waals surface area contributed by atoms with Crippen molar-refractivity contribution in [2.45, 2.75) is 58.8 Å². The van der Waals surface area contributed by atoms with Gasteiger partial charge >= 0.3 is 0 Å². The van der Waals surface area contributed by atoms with Gasteiger partial charge in [0, 0.05) is 33.4 Å². The maximum Gasteiger partial charge on any atom is 0.253 e. The van der Waals surface area contributed by atoms with Crippen molar-refractivity contribution in [1.29, 1.82) is 0 Å². The SMILES string of the molecule is COc1cc(C)cc2c1op(-c1cccc3c1C1c4c(cccc4-p4oc5c(OC)cc(C)cc5c5cc(C)cc(OC)c5o4)C3C3CCCC13)oc1c(OC)cc(C)cc12. The summed E-state index contributed by atoms with van der Waals surface area (Å²) in [5, 5.41) is 5.84. The number of rotatable bonds is 6. The molecule has 0 aliphatic heterocycles. The predicted octanol–water partition coefficient (Wildman–Crippen LogP) is 15.1. The van der Waals surface area contributed by atoms with Crippen LogP contribution in [0.5, 0.6) is 23.0 Å². The predicted molar refractivity (Wildman–Crippen MR) is 245 cm³/mol. The number of hydrogen-bond acceptors (Lipinski definition) is 8. The van der Waals surface area contributed by atoms with Gasteiger partial charge in [0.2, 0.25) is 0 Å². The molecule has 0 N–H and O–H groups in total. The number of benzene rings is 6. The number of hydrogen-bond donors (Lipinski definition) is 0. The lowest BCUT2D eigenvalue weighted by Gasteiger charge is -2.49. The van der Waals surface area contributed by atoms with E-state index < -0.39 is 16.0 Å². The van der Waals surface area contributed by atoms with Crippen LogP contribution in [-0.2, 0) is 0 Å². The van der Waals surface area contributed by atoms with Gasteiger partial charge in [-0.2, -0.15) is 0 Å². The van der Waals surface area contributed by atoms with Crippen molar-refractivity contribution in [2.75, 3.05) is 28.4 Å². The van der Waals surface area contributed by atoms with Gasteiger partial charge in [0.1, 0.15) is 0 Å². The lowest BCUT2D eigenvalue weighted by atomic mass is 9.55. The second-order valence-corrected chi connectivity index (χ2v) is 19.8. The van der Waals surface area contributed by atoms with E-state index in [4.69, 9.17) is 35.7 Å². The van der Waals surface area contributed by atoms with Crippen molar-refractivity contribution in [3.63, 3.8) is 0 Å². The van der Waals surface area contributed by atoms with Crippen LogP contribution in [0.25, 0.3) is 54.5 Å². The minimum Gasteiger partial charge on any atom is -0.493 e. The smallest absolute Gasteiger partial charge is 0.253 e. The Kier molecular flexibility index (Phi) is 9.07.